The molecule has 0 bridgehead atoms. The molecule has 2 atom stereocenters. The predicted molar refractivity (Wildman–Crippen MR) is 130 cm³/mol. The summed E-state index contributed by atoms with van der Waals surface area (Å²) in [6, 6.07) is 15.3. The molecule has 4 rings (SSSR count). The molecular weight excluding hydrogens is 422 g/mol. The number of thiocarbonyl (C=S) groups is 1. The van der Waals surface area contributed by atoms with Gasteiger partial charge in [-0.1, -0.05) is 26.8 Å². The van der Waals surface area contributed by atoms with Crippen molar-refractivity contribution in [3.63, 3.8) is 0 Å². The molecule has 32 heavy (non-hydrogen) atoms. The molecule has 1 aromatic carbocycles. The number of aromatic nitrogens is 2. The van der Waals surface area contributed by atoms with Gasteiger partial charge in [-0.15, -0.1) is 0 Å². The van der Waals surface area contributed by atoms with Gasteiger partial charge in [-0.25, -0.2) is 0 Å². The molecule has 1 aliphatic rings. The molecule has 0 spiro atoms. The zero-order chi connectivity index (χ0) is 22.9. The second-order valence-corrected chi connectivity index (χ2v) is 9.10. The number of nitrogens with one attached hydrogen (secondary N) is 3. The normalized spacial score (nSPS) is 18.4. The van der Waals surface area contributed by atoms with Crippen molar-refractivity contribution in [3.05, 3.63) is 72.3 Å². The number of anilines is 2. The number of hydrogen-bond donors (Lipinski definition) is 3. The molecule has 0 radical (unpaired) electrons. The number of aromatic amines is 1. The van der Waals surface area contributed by atoms with Crippen LogP contribution in [-0.2, 0) is 4.79 Å². The van der Waals surface area contributed by atoms with Crippen molar-refractivity contribution in [2.45, 2.75) is 32.9 Å². The fourth-order valence-corrected chi connectivity index (χ4v) is 4.07. The largest absolute Gasteiger partial charge is 0.494 e. The van der Waals surface area contributed by atoms with Crippen LogP contribution in [0, 0.1) is 5.41 Å². The van der Waals surface area contributed by atoms with Crippen LogP contribution in [0.2, 0.25) is 0 Å². The summed E-state index contributed by atoms with van der Waals surface area (Å²) in [6.45, 7) is 5.61. The number of H-pyrrole nitrogens is 1. The van der Waals surface area contributed by atoms with Crippen LogP contribution >= 0.6 is 12.2 Å². The SMILES string of the molecule is COc1cc(N2C(=S)N[C@@H](c3ccccn3)[C@@H]2c2ccc[nH]2)ccc1NC(=O)C(C)(C)C. The lowest BCUT2D eigenvalue weighted by Crippen LogP contribution is -2.30. The maximum Gasteiger partial charge on any atom is 0.229 e. The van der Waals surface area contributed by atoms with Crippen molar-refractivity contribution in [1.29, 1.82) is 0 Å². The van der Waals surface area contributed by atoms with Gasteiger partial charge >= 0.3 is 0 Å². The van der Waals surface area contributed by atoms with Gasteiger partial charge in [0.05, 0.1) is 24.5 Å². The average molecular weight is 450 g/mol. The zero-order valence-corrected chi connectivity index (χ0v) is 19.4. The molecule has 3 N–H and O–H groups in total. The van der Waals surface area contributed by atoms with Crippen molar-refractivity contribution >= 4 is 34.6 Å². The number of carbonyl (C=O) groups is 1. The Morgan fingerprint density at radius 2 is 2.00 bits per heavy atom. The monoisotopic (exact) mass is 449 g/mol. The smallest absolute Gasteiger partial charge is 0.229 e. The number of rotatable bonds is 5. The fourth-order valence-electron chi connectivity index (χ4n) is 3.72. The first-order valence-corrected chi connectivity index (χ1v) is 10.8. The highest BCUT2D eigenvalue weighted by Gasteiger charge is 2.41. The van der Waals surface area contributed by atoms with Gasteiger partial charge in [-0.3, -0.25) is 9.78 Å². The summed E-state index contributed by atoms with van der Waals surface area (Å²) in [6.07, 6.45) is 3.68. The van der Waals surface area contributed by atoms with E-state index in [4.69, 9.17) is 17.0 Å². The number of pyridine rings is 1. The Kier molecular flexibility index (Phi) is 5.88. The summed E-state index contributed by atoms with van der Waals surface area (Å²) in [5.41, 5.74) is 2.87. The Labute approximate surface area is 193 Å². The van der Waals surface area contributed by atoms with Gasteiger partial charge in [0.25, 0.3) is 0 Å². The van der Waals surface area contributed by atoms with Crippen LogP contribution in [0.1, 0.15) is 44.2 Å². The summed E-state index contributed by atoms with van der Waals surface area (Å²) < 4.78 is 5.61. The minimum Gasteiger partial charge on any atom is -0.494 e. The first-order valence-electron chi connectivity index (χ1n) is 10.4. The van der Waals surface area contributed by atoms with Crippen LogP contribution in [0.15, 0.2) is 60.9 Å². The standard InChI is InChI=1S/C24H27N5O2S/c1-24(2,3)22(30)27-16-11-10-15(14-19(16)31-4)29-21(18-9-7-13-26-18)20(28-23(29)32)17-8-5-6-12-25-17/h5-14,20-21,26H,1-4H3,(H,27,30)(H,28,32)/t20-,21-/m0/s1. The Morgan fingerprint density at radius 3 is 2.62 bits per heavy atom. The average Bonchev–Trinajstić information content (AvgIpc) is 3.41. The first kappa shape index (κ1) is 21.8. The number of amides is 1. The number of ether oxygens (including phenoxy) is 1. The second-order valence-electron chi connectivity index (χ2n) is 8.71. The van der Waals surface area contributed by atoms with Crippen LogP contribution in [0.5, 0.6) is 5.75 Å². The molecule has 0 unspecified atom stereocenters. The molecule has 7 nitrogen and oxygen atoms in total. The van der Waals surface area contributed by atoms with Crippen LogP contribution < -0.4 is 20.3 Å². The Balaban J connectivity index is 1.72. The van der Waals surface area contributed by atoms with Crippen molar-refractivity contribution in [3.8, 4) is 5.75 Å². The van der Waals surface area contributed by atoms with Crippen molar-refractivity contribution in [1.82, 2.24) is 15.3 Å². The first-order chi connectivity index (χ1) is 15.3. The lowest BCUT2D eigenvalue weighted by atomic mass is 9.95. The van der Waals surface area contributed by atoms with E-state index in [9.17, 15) is 4.79 Å². The summed E-state index contributed by atoms with van der Waals surface area (Å²) >= 11 is 5.74. The molecule has 0 saturated carbocycles. The number of hydrogen-bond acceptors (Lipinski definition) is 4. The molecule has 3 aromatic rings. The minimum atomic E-state index is -0.515. The minimum absolute atomic E-state index is 0.0820. The van der Waals surface area contributed by atoms with E-state index < -0.39 is 5.41 Å². The third-order valence-corrected chi connectivity index (χ3v) is 5.75. The number of nitrogens with zero attached hydrogens (tertiary/aromatic N) is 2. The number of methoxy groups -OCH3 is 1. The van der Waals surface area contributed by atoms with E-state index >= 15 is 0 Å². The lowest BCUT2D eigenvalue weighted by molar-refractivity contribution is -0.123. The molecule has 1 aliphatic heterocycles. The quantitative estimate of drug-likeness (QED) is 0.495. The molecule has 0 aliphatic carbocycles. The molecular formula is C24H27N5O2S. The molecule has 1 amide bonds. The molecule has 2 aromatic heterocycles. The third-order valence-electron chi connectivity index (χ3n) is 5.43. The van der Waals surface area contributed by atoms with Gasteiger partial charge in [0, 0.05) is 35.3 Å². The highest BCUT2D eigenvalue weighted by molar-refractivity contribution is 7.80. The van der Waals surface area contributed by atoms with Crippen LogP contribution in [0.3, 0.4) is 0 Å². The van der Waals surface area contributed by atoms with E-state index in [0.717, 1.165) is 17.1 Å². The second kappa shape index (κ2) is 8.63. The van der Waals surface area contributed by atoms with Gasteiger partial charge < -0.3 is 25.3 Å². The molecule has 3 heterocycles. The van der Waals surface area contributed by atoms with E-state index in [2.05, 4.69) is 25.5 Å². The summed E-state index contributed by atoms with van der Waals surface area (Å²) in [5, 5.41) is 6.97. The van der Waals surface area contributed by atoms with E-state index in [1.165, 1.54) is 0 Å². The number of benzene rings is 1. The lowest BCUT2D eigenvalue weighted by Gasteiger charge is -2.28. The maximum absolute atomic E-state index is 12.5. The van der Waals surface area contributed by atoms with Crippen molar-refractivity contribution in [2.75, 3.05) is 17.3 Å². The van der Waals surface area contributed by atoms with E-state index in [1.807, 2.05) is 75.5 Å². The van der Waals surface area contributed by atoms with Crippen LogP contribution in [0.4, 0.5) is 11.4 Å². The zero-order valence-electron chi connectivity index (χ0n) is 18.5. The summed E-state index contributed by atoms with van der Waals surface area (Å²) in [7, 11) is 1.59. The van der Waals surface area contributed by atoms with E-state index in [1.54, 1.807) is 13.3 Å². The van der Waals surface area contributed by atoms with Gasteiger partial charge in [-0.2, -0.15) is 0 Å². The molecule has 166 valence electrons. The van der Waals surface area contributed by atoms with Gasteiger partial charge in [0.1, 0.15) is 11.8 Å². The topological polar surface area (TPSA) is 82.3 Å². The summed E-state index contributed by atoms with van der Waals surface area (Å²) in [5.74, 6) is 0.482. The van der Waals surface area contributed by atoms with Crippen LogP contribution in [-0.4, -0.2) is 28.1 Å². The van der Waals surface area contributed by atoms with Gasteiger partial charge in [0.2, 0.25) is 5.91 Å². The van der Waals surface area contributed by atoms with E-state index in [-0.39, 0.29) is 18.0 Å². The number of carbonyl (C=O) groups excluding carboxylic acids is 1. The molecule has 1 saturated heterocycles. The third kappa shape index (κ3) is 4.18. The Hall–Kier alpha value is -3.39. The van der Waals surface area contributed by atoms with Crippen molar-refractivity contribution < 1.29 is 9.53 Å². The maximum atomic E-state index is 12.5. The highest BCUT2D eigenvalue weighted by atomic mass is 32.1. The highest BCUT2D eigenvalue weighted by Crippen LogP contribution is 2.42. The van der Waals surface area contributed by atoms with Gasteiger partial charge in [0.15, 0.2) is 5.11 Å². The van der Waals surface area contributed by atoms with E-state index in [0.29, 0.717) is 16.5 Å². The summed E-state index contributed by atoms with van der Waals surface area (Å²) in [4.78, 5) is 22.4. The molecule has 8 heteroatoms. The van der Waals surface area contributed by atoms with Gasteiger partial charge in [-0.05, 0) is 48.6 Å². The fraction of sp³-hybridized carbons (Fsp3) is 0.292. The van der Waals surface area contributed by atoms with Crippen molar-refractivity contribution in [2.24, 2.45) is 5.41 Å². The van der Waals surface area contributed by atoms with Crippen LogP contribution in [0.25, 0.3) is 0 Å². The Bertz CT molecular complexity index is 1110. The Morgan fingerprint density at radius 1 is 1.19 bits per heavy atom. The molecule has 1 fully saturated rings. The predicted octanol–water partition coefficient (Wildman–Crippen LogP) is 4.58.